The molecule has 0 saturated heterocycles. The number of nitrogens with zero attached hydrogens (tertiary/aromatic N) is 2. The van der Waals surface area contributed by atoms with Crippen molar-refractivity contribution >= 4 is 22.5 Å². The molecule has 7 heteroatoms. The topological polar surface area (TPSA) is 96.2 Å². The first-order valence-electron chi connectivity index (χ1n) is 9.92. The lowest BCUT2D eigenvalue weighted by Gasteiger charge is -2.15. The highest BCUT2D eigenvalue weighted by molar-refractivity contribution is 5.90. The van der Waals surface area contributed by atoms with E-state index in [2.05, 4.69) is 12.2 Å². The predicted octanol–water partition coefficient (Wildman–Crippen LogP) is 3.43. The summed E-state index contributed by atoms with van der Waals surface area (Å²) in [7, 11) is 0. The Bertz CT molecular complexity index is 1030. The van der Waals surface area contributed by atoms with E-state index in [-0.39, 0.29) is 12.0 Å². The fourth-order valence-electron chi connectivity index (χ4n) is 3.35. The van der Waals surface area contributed by atoms with Crippen molar-refractivity contribution in [2.24, 2.45) is 0 Å². The number of carbonyl (C=O) groups is 1. The first kappa shape index (κ1) is 20.5. The second-order valence-electron chi connectivity index (χ2n) is 6.87. The monoisotopic (exact) mass is 394 g/mol. The Labute approximate surface area is 169 Å². The van der Waals surface area contributed by atoms with E-state index in [9.17, 15) is 9.59 Å². The maximum absolute atomic E-state index is 13.5. The Hall–Kier alpha value is -3.19. The Morgan fingerprint density at radius 1 is 1.10 bits per heavy atom. The molecular weight excluding hydrogens is 368 g/mol. The van der Waals surface area contributed by atoms with E-state index in [4.69, 9.17) is 10.2 Å². The average Bonchev–Trinajstić information content (AvgIpc) is 2.74. The highest BCUT2D eigenvalue weighted by atomic mass is 16.5. The second-order valence-corrected chi connectivity index (χ2v) is 6.87. The Morgan fingerprint density at radius 3 is 2.62 bits per heavy atom. The maximum atomic E-state index is 13.5. The standard InChI is InChI=1S/C22H26N4O3/c1-2-9-19-24-18-13-8-12-17(23-15-7-6-14-20(27)25-29)21(18)22(28)26(19)16-10-4-3-5-11-16/h3-5,8,10-13,23,29H,2,6-7,9,14-15H2,1H3,(H,25,27). The van der Waals surface area contributed by atoms with Gasteiger partial charge in [-0.05, 0) is 43.5 Å². The van der Waals surface area contributed by atoms with Gasteiger partial charge in [0.15, 0.2) is 0 Å². The number of para-hydroxylation sites is 1. The van der Waals surface area contributed by atoms with Crippen molar-refractivity contribution in [1.82, 2.24) is 15.0 Å². The minimum absolute atomic E-state index is 0.0904. The molecule has 3 N–H and O–H groups in total. The van der Waals surface area contributed by atoms with Crippen LogP contribution in [0.25, 0.3) is 16.6 Å². The van der Waals surface area contributed by atoms with Gasteiger partial charge in [-0.3, -0.25) is 19.4 Å². The number of hydrogen-bond acceptors (Lipinski definition) is 5. The van der Waals surface area contributed by atoms with Crippen LogP contribution < -0.4 is 16.4 Å². The molecule has 7 nitrogen and oxygen atoms in total. The summed E-state index contributed by atoms with van der Waals surface area (Å²) in [5.41, 5.74) is 3.76. The van der Waals surface area contributed by atoms with Crippen molar-refractivity contribution in [3.05, 3.63) is 64.7 Å². The van der Waals surface area contributed by atoms with Crippen LogP contribution in [-0.4, -0.2) is 27.2 Å². The fourth-order valence-corrected chi connectivity index (χ4v) is 3.35. The summed E-state index contributed by atoms with van der Waals surface area (Å²) in [5.74, 6) is 0.358. The van der Waals surface area contributed by atoms with Gasteiger partial charge in [0.2, 0.25) is 5.91 Å². The van der Waals surface area contributed by atoms with Gasteiger partial charge in [0.05, 0.1) is 16.6 Å². The van der Waals surface area contributed by atoms with Crippen molar-refractivity contribution in [3.63, 3.8) is 0 Å². The fraction of sp³-hybridized carbons (Fsp3) is 0.318. The molecule has 0 saturated carbocycles. The number of aryl methyl sites for hydroxylation is 1. The smallest absolute Gasteiger partial charge is 0.268 e. The zero-order chi connectivity index (χ0) is 20.6. The van der Waals surface area contributed by atoms with Crippen LogP contribution in [-0.2, 0) is 11.2 Å². The highest BCUT2D eigenvalue weighted by Gasteiger charge is 2.15. The molecule has 3 aromatic rings. The van der Waals surface area contributed by atoms with Crippen molar-refractivity contribution < 1.29 is 10.0 Å². The summed E-state index contributed by atoms with van der Waals surface area (Å²) in [6.45, 7) is 2.68. The minimum atomic E-state index is -0.395. The lowest BCUT2D eigenvalue weighted by Crippen LogP contribution is -2.25. The van der Waals surface area contributed by atoms with E-state index < -0.39 is 5.91 Å². The Kier molecular flexibility index (Phi) is 6.97. The van der Waals surface area contributed by atoms with E-state index in [1.165, 1.54) is 0 Å². The van der Waals surface area contributed by atoms with Gasteiger partial charge in [0, 0.05) is 25.1 Å². The number of hydrogen-bond donors (Lipinski definition) is 3. The third-order valence-electron chi connectivity index (χ3n) is 4.73. The van der Waals surface area contributed by atoms with Gasteiger partial charge in [0.1, 0.15) is 5.82 Å². The van der Waals surface area contributed by atoms with Gasteiger partial charge in [-0.1, -0.05) is 31.2 Å². The van der Waals surface area contributed by atoms with E-state index in [0.29, 0.717) is 30.3 Å². The number of fused-ring (bicyclic) bond motifs is 1. The molecule has 1 aromatic heterocycles. The lowest BCUT2D eigenvalue weighted by molar-refractivity contribution is -0.129. The lowest BCUT2D eigenvalue weighted by atomic mass is 10.1. The molecule has 1 amide bonds. The summed E-state index contributed by atoms with van der Waals surface area (Å²) >= 11 is 0. The van der Waals surface area contributed by atoms with Crippen LogP contribution in [0.15, 0.2) is 53.3 Å². The number of anilines is 1. The van der Waals surface area contributed by atoms with Gasteiger partial charge in [-0.25, -0.2) is 10.5 Å². The Balaban J connectivity index is 1.94. The Morgan fingerprint density at radius 2 is 1.90 bits per heavy atom. The van der Waals surface area contributed by atoms with Gasteiger partial charge in [-0.2, -0.15) is 0 Å². The van der Waals surface area contributed by atoms with Crippen LogP contribution in [0, 0.1) is 0 Å². The summed E-state index contributed by atoms with van der Waals surface area (Å²) < 4.78 is 1.70. The number of nitrogens with one attached hydrogen (secondary N) is 2. The summed E-state index contributed by atoms with van der Waals surface area (Å²) in [6, 6.07) is 15.2. The number of hydroxylamine groups is 1. The third-order valence-corrected chi connectivity index (χ3v) is 4.73. The van der Waals surface area contributed by atoms with E-state index >= 15 is 0 Å². The minimum Gasteiger partial charge on any atom is -0.384 e. The molecule has 0 bridgehead atoms. The van der Waals surface area contributed by atoms with Crippen LogP contribution in [0.4, 0.5) is 5.69 Å². The van der Waals surface area contributed by atoms with Crippen LogP contribution >= 0.6 is 0 Å². The molecule has 0 atom stereocenters. The molecule has 0 fully saturated rings. The molecule has 0 radical (unpaired) electrons. The van der Waals surface area contributed by atoms with E-state index in [1.54, 1.807) is 10.0 Å². The molecule has 0 aliphatic carbocycles. The van der Waals surface area contributed by atoms with Gasteiger partial charge in [0.25, 0.3) is 5.56 Å². The molecule has 1 heterocycles. The first-order chi connectivity index (χ1) is 14.2. The number of rotatable bonds is 9. The molecular formula is C22H26N4O3. The molecule has 152 valence electrons. The number of aromatic nitrogens is 2. The van der Waals surface area contributed by atoms with Gasteiger partial charge in [-0.15, -0.1) is 0 Å². The van der Waals surface area contributed by atoms with E-state index in [0.717, 1.165) is 30.0 Å². The molecule has 2 aromatic carbocycles. The molecule has 0 aliphatic heterocycles. The first-order valence-corrected chi connectivity index (χ1v) is 9.92. The quantitative estimate of drug-likeness (QED) is 0.294. The molecule has 0 spiro atoms. The molecule has 0 unspecified atom stereocenters. The molecule has 0 aliphatic rings. The second kappa shape index (κ2) is 9.84. The number of amides is 1. The van der Waals surface area contributed by atoms with Gasteiger partial charge >= 0.3 is 0 Å². The predicted molar refractivity (Wildman–Crippen MR) is 114 cm³/mol. The highest BCUT2D eigenvalue weighted by Crippen LogP contribution is 2.21. The van der Waals surface area contributed by atoms with Crippen molar-refractivity contribution in [3.8, 4) is 5.69 Å². The van der Waals surface area contributed by atoms with Crippen LogP contribution in [0.2, 0.25) is 0 Å². The van der Waals surface area contributed by atoms with E-state index in [1.807, 2.05) is 48.5 Å². The number of unbranched alkanes of at least 4 members (excludes halogenated alkanes) is 1. The van der Waals surface area contributed by atoms with Crippen LogP contribution in [0.1, 0.15) is 38.4 Å². The van der Waals surface area contributed by atoms with Gasteiger partial charge < -0.3 is 5.32 Å². The third kappa shape index (κ3) is 4.81. The summed E-state index contributed by atoms with van der Waals surface area (Å²) in [6.07, 6.45) is 3.24. The molecule has 3 rings (SSSR count). The zero-order valence-corrected chi connectivity index (χ0v) is 16.5. The van der Waals surface area contributed by atoms with Crippen LogP contribution in [0.3, 0.4) is 0 Å². The SMILES string of the molecule is CCCc1nc2cccc(NCCCCC(=O)NO)c2c(=O)n1-c1ccccc1. The maximum Gasteiger partial charge on any atom is 0.268 e. The van der Waals surface area contributed by atoms with Crippen molar-refractivity contribution in [2.45, 2.75) is 39.0 Å². The summed E-state index contributed by atoms with van der Waals surface area (Å²) in [5, 5.41) is 12.4. The van der Waals surface area contributed by atoms with Crippen molar-refractivity contribution in [1.29, 1.82) is 0 Å². The molecule has 29 heavy (non-hydrogen) atoms. The largest absolute Gasteiger partial charge is 0.384 e. The van der Waals surface area contributed by atoms with Crippen molar-refractivity contribution in [2.75, 3.05) is 11.9 Å². The average molecular weight is 394 g/mol. The number of carbonyl (C=O) groups excluding carboxylic acids is 1. The van der Waals surface area contributed by atoms with Crippen LogP contribution in [0.5, 0.6) is 0 Å². The normalized spacial score (nSPS) is 10.8. The summed E-state index contributed by atoms with van der Waals surface area (Å²) in [4.78, 5) is 29.3. The zero-order valence-electron chi connectivity index (χ0n) is 16.5. The number of benzene rings is 2.